The van der Waals surface area contributed by atoms with Crippen LogP contribution in [0.5, 0.6) is 5.75 Å². The van der Waals surface area contributed by atoms with Gasteiger partial charge in [-0.1, -0.05) is 0 Å². The Kier molecular flexibility index (Phi) is 4.43. The standard InChI is InChI=1S/C10H7F2IO5/c11-10(12,9(16)17)4-18-8(15)5-1-2-6(13)7(14)3-5/h1-3,14H,4H2,(H,16,17). The van der Waals surface area contributed by atoms with Gasteiger partial charge in [-0.05, 0) is 40.8 Å². The molecule has 0 atom stereocenters. The van der Waals surface area contributed by atoms with E-state index in [9.17, 15) is 23.5 Å². The molecule has 0 unspecified atom stereocenters. The van der Waals surface area contributed by atoms with E-state index < -0.39 is 24.5 Å². The first-order valence-corrected chi connectivity index (χ1v) is 5.59. The fourth-order valence-electron chi connectivity index (χ4n) is 0.941. The number of aromatic hydroxyl groups is 1. The van der Waals surface area contributed by atoms with Gasteiger partial charge in [-0.15, -0.1) is 0 Å². The number of esters is 1. The van der Waals surface area contributed by atoms with Crippen molar-refractivity contribution in [1.82, 2.24) is 0 Å². The Morgan fingerprint density at radius 3 is 2.50 bits per heavy atom. The number of carbonyl (C=O) groups excluding carboxylic acids is 1. The number of rotatable bonds is 4. The monoisotopic (exact) mass is 372 g/mol. The van der Waals surface area contributed by atoms with E-state index in [1.165, 1.54) is 12.1 Å². The summed E-state index contributed by atoms with van der Waals surface area (Å²) in [5.74, 6) is -7.85. The average Bonchev–Trinajstić information content (AvgIpc) is 2.29. The number of alkyl halides is 2. The zero-order valence-electron chi connectivity index (χ0n) is 8.69. The van der Waals surface area contributed by atoms with Crippen molar-refractivity contribution >= 4 is 34.5 Å². The maximum Gasteiger partial charge on any atom is 0.378 e. The molecular formula is C10H7F2IO5. The Hall–Kier alpha value is -1.45. The first-order valence-electron chi connectivity index (χ1n) is 4.51. The summed E-state index contributed by atoms with van der Waals surface area (Å²) >= 11 is 1.81. The Morgan fingerprint density at radius 2 is 2.00 bits per heavy atom. The van der Waals surface area contributed by atoms with Crippen molar-refractivity contribution in [1.29, 1.82) is 0 Å². The summed E-state index contributed by atoms with van der Waals surface area (Å²) in [5, 5.41) is 17.4. The van der Waals surface area contributed by atoms with Crippen molar-refractivity contribution in [3.63, 3.8) is 0 Å². The summed E-state index contributed by atoms with van der Waals surface area (Å²) in [6.45, 7) is -1.56. The number of carbonyl (C=O) groups is 2. The van der Waals surface area contributed by atoms with Crippen molar-refractivity contribution in [3.05, 3.63) is 27.3 Å². The normalized spacial score (nSPS) is 11.1. The third-order valence-electron chi connectivity index (χ3n) is 1.88. The Bertz CT molecular complexity index is 489. The molecule has 0 saturated carbocycles. The summed E-state index contributed by atoms with van der Waals surface area (Å²) in [4.78, 5) is 21.4. The zero-order valence-corrected chi connectivity index (χ0v) is 10.8. The molecule has 0 aliphatic carbocycles. The van der Waals surface area contributed by atoms with E-state index in [0.29, 0.717) is 3.57 Å². The smallest absolute Gasteiger partial charge is 0.378 e. The lowest BCUT2D eigenvalue weighted by Crippen LogP contribution is -2.34. The molecule has 0 spiro atoms. The molecule has 5 nitrogen and oxygen atoms in total. The van der Waals surface area contributed by atoms with Crippen molar-refractivity contribution in [2.75, 3.05) is 6.61 Å². The predicted octanol–water partition coefficient (Wildman–Crippen LogP) is 1.87. The zero-order chi connectivity index (χ0) is 13.9. The predicted molar refractivity (Wildman–Crippen MR) is 63.7 cm³/mol. The highest BCUT2D eigenvalue weighted by molar-refractivity contribution is 14.1. The molecule has 1 rings (SSSR count). The number of halogens is 3. The van der Waals surface area contributed by atoms with Gasteiger partial charge in [-0.3, -0.25) is 0 Å². The first-order chi connectivity index (χ1) is 8.24. The molecule has 0 fully saturated rings. The molecule has 0 radical (unpaired) electrons. The van der Waals surface area contributed by atoms with Crippen LogP contribution in [0.25, 0.3) is 0 Å². The number of ether oxygens (including phenoxy) is 1. The second kappa shape index (κ2) is 5.46. The van der Waals surface area contributed by atoms with E-state index in [1.54, 1.807) is 0 Å². The Labute approximate surface area is 114 Å². The lowest BCUT2D eigenvalue weighted by Gasteiger charge is -2.11. The molecule has 2 N–H and O–H groups in total. The van der Waals surface area contributed by atoms with Crippen LogP contribution in [0.4, 0.5) is 8.78 Å². The van der Waals surface area contributed by atoms with Crippen LogP contribution in [0.3, 0.4) is 0 Å². The van der Waals surface area contributed by atoms with Crippen molar-refractivity contribution in [2.24, 2.45) is 0 Å². The summed E-state index contributed by atoms with van der Waals surface area (Å²) in [6.07, 6.45) is 0. The summed E-state index contributed by atoms with van der Waals surface area (Å²) in [5.41, 5.74) is -0.144. The van der Waals surface area contributed by atoms with Crippen LogP contribution in [0.2, 0.25) is 0 Å². The molecule has 1 aromatic carbocycles. The van der Waals surface area contributed by atoms with Gasteiger partial charge in [0.15, 0.2) is 6.61 Å². The minimum absolute atomic E-state index is 0.144. The SMILES string of the molecule is O=C(OCC(F)(F)C(=O)O)c1ccc(I)c(O)c1. The van der Waals surface area contributed by atoms with Crippen LogP contribution < -0.4 is 0 Å². The van der Waals surface area contributed by atoms with Crippen LogP contribution in [-0.4, -0.2) is 34.7 Å². The molecular weight excluding hydrogens is 365 g/mol. The Morgan fingerprint density at radius 1 is 1.39 bits per heavy atom. The number of hydrogen-bond donors (Lipinski definition) is 2. The molecule has 1 aromatic rings. The summed E-state index contributed by atoms with van der Waals surface area (Å²) < 4.78 is 29.9. The quantitative estimate of drug-likeness (QED) is 0.623. The topological polar surface area (TPSA) is 83.8 Å². The second-order valence-electron chi connectivity index (χ2n) is 3.25. The number of hydrogen-bond acceptors (Lipinski definition) is 4. The first kappa shape index (κ1) is 14.6. The molecule has 0 aliphatic rings. The lowest BCUT2D eigenvalue weighted by atomic mass is 10.2. The number of phenols is 1. The van der Waals surface area contributed by atoms with Crippen LogP contribution in [0.15, 0.2) is 18.2 Å². The maximum absolute atomic E-state index is 12.6. The maximum atomic E-state index is 12.6. The molecule has 0 amide bonds. The molecule has 0 heterocycles. The molecule has 0 aromatic heterocycles. The van der Waals surface area contributed by atoms with Gasteiger partial charge in [0.1, 0.15) is 5.75 Å². The van der Waals surface area contributed by atoms with Crippen LogP contribution >= 0.6 is 22.6 Å². The van der Waals surface area contributed by atoms with E-state index in [1.807, 2.05) is 22.6 Å². The van der Waals surface area contributed by atoms with Crippen LogP contribution in [-0.2, 0) is 9.53 Å². The van der Waals surface area contributed by atoms with Crippen molar-refractivity contribution < 1.29 is 33.3 Å². The number of aliphatic carboxylic acids is 1. The van der Waals surface area contributed by atoms with Crippen molar-refractivity contribution in [2.45, 2.75) is 5.92 Å². The molecule has 0 bridgehead atoms. The van der Waals surface area contributed by atoms with Crippen LogP contribution in [0.1, 0.15) is 10.4 Å². The molecule has 0 saturated heterocycles. The highest BCUT2D eigenvalue weighted by atomic mass is 127. The molecule has 0 aliphatic heterocycles. The van der Waals surface area contributed by atoms with Gasteiger partial charge >= 0.3 is 17.9 Å². The fourth-order valence-corrected chi connectivity index (χ4v) is 1.28. The van der Waals surface area contributed by atoms with E-state index >= 15 is 0 Å². The molecule has 8 heteroatoms. The van der Waals surface area contributed by atoms with Gasteiger partial charge in [-0.2, -0.15) is 8.78 Å². The highest BCUT2D eigenvalue weighted by Gasteiger charge is 2.40. The summed E-state index contributed by atoms with van der Waals surface area (Å²) in [7, 11) is 0. The number of carboxylic acids is 1. The number of benzene rings is 1. The number of phenolic OH excluding ortho intramolecular Hbond substituents is 1. The van der Waals surface area contributed by atoms with E-state index in [-0.39, 0.29) is 11.3 Å². The largest absolute Gasteiger partial charge is 0.507 e. The van der Waals surface area contributed by atoms with E-state index in [0.717, 1.165) is 6.07 Å². The van der Waals surface area contributed by atoms with E-state index in [2.05, 4.69) is 4.74 Å². The Balaban J connectivity index is 2.72. The van der Waals surface area contributed by atoms with Gasteiger partial charge in [0.2, 0.25) is 0 Å². The third-order valence-corrected chi connectivity index (χ3v) is 2.79. The van der Waals surface area contributed by atoms with E-state index in [4.69, 9.17) is 5.11 Å². The van der Waals surface area contributed by atoms with Gasteiger partial charge in [0, 0.05) is 0 Å². The van der Waals surface area contributed by atoms with Crippen molar-refractivity contribution in [3.8, 4) is 5.75 Å². The number of carboxylic acid groups (broad SMARTS) is 1. The fraction of sp³-hybridized carbons (Fsp3) is 0.200. The highest BCUT2D eigenvalue weighted by Crippen LogP contribution is 2.21. The average molecular weight is 372 g/mol. The van der Waals surface area contributed by atoms with Gasteiger partial charge in [0.05, 0.1) is 9.13 Å². The molecule has 18 heavy (non-hydrogen) atoms. The van der Waals surface area contributed by atoms with Gasteiger partial charge in [0.25, 0.3) is 0 Å². The minimum atomic E-state index is -4.14. The van der Waals surface area contributed by atoms with Gasteiger partial charge < -0.3 is 14.9 Å². The minimum Gasteiger partial charge on any atom is -0.507 e. The van der Waals surface area contributed by atoms with Gasteiger partial charge in [-0.25, -0.2) is 9.59 Å². The second-order valence-corrected chi connectivity index (χ2v) is 4.41. The molecule has 98 valence electrons. The van der Waals surface area contributed by atoms with Crippen LogP contribution in [0, 0.1) is 3.57 Å². The lowest BCUT2D eigenvalue weighted by molar-refractivity contribution is -0.170. The third kappa shape index (κ3) is 3.52. The summed E-state index contributed by atoms with van der Waals surface area (Å²) in [6, 6.07) is 3.70.